The first-order valence-electron chi connectivity index (χ1n) is 8.54. The van der Waals surface area contributed by atoms with E-state index < -0.39 is 0 Å². The van der Waals surface area contributed by atoms with Crippen molar-refractivity contribution >= 4 is 30.6 Å². The highest BCUT2D eigenvalue weighted by Gasteiger charge is 2.29. The molecule has 1 fully saturated rings. The second-order valence-corrected chi connectivity index (χ2v) is 7.57. The van der Waals surface area contributed by atoms with Gasteiger partial charge in [0.2, 0.25) is 5.89 Å². The maximum Gasteiger partial charge on any atom is 0.246 e. The molecule has 10 heteroatoms. The summed E-state index contributed by atoms with van der Waals surface area (Å²) in [6.45, 7) is 6.93. The number of hydrogen-bond donors (Lipinski definition) is 2. The van der Waals surface area contributed by atoms with E-state index in [1.807, 2.05) is 26.8 Å². The molecule has 1 aliphatic carbocycles. The zero-order valence-corrected chi connectivity index (χ0v) is 17.7. The van der Waals surface area contributed by atoms with Crippen LogP contribution in [0.5, 0.6) is 0 Å². The average molecular weight is 419 g/mol. The quantitative estimate of drug-likeness (QED) is 0.735. The van der Waals surface area contributed by atoms with Crippen molar-refractivity contribution < 1.29 is 9.26 Å². The number of methoxy groups -OCH3 is 1. The van der Waals surface area contributed by atoms with Gasteiger partial charge in [0, 0.05) is 36.2 Å². The summed E-state index contributed by atoms with van der Waals surface area (Å²) in [6.07, 6.45) is 1.92. The molecule has 3 N–H and O–H groups in total. The fourth-order valence-electron chi connectivity index (χ4n) is 2.71. The van der Waals surface area contributed by atoms with E-state index >= 15 is 0 Å². The average Bonchev–Trinajstić information content (AvgIpc) is 2.99. The molecule has 27 heavy (non-hydrogen) atoms. The van der Waals surface area contributed by atoms with E-state index in [1.54, 1.807) is 7.11 Å². The van der Waals surface area contributed by atoms with Crippen molar-refractivity contribution in [1.29, 1.82) is 0 Å². The van der Waals surface area contributed by atoms with Gasteiger partial charge in [0.15, 0.2) is 11.6 Å². The summed E-state index contributed by atoms with van der Waals surface area (Å²) in [5.74, 6) is 3.00. The van der Waals surface area contributed by atoms with Gasteiger partial charge in [0.05, 0.1) is 6.54 Å². The van der Waals surface area contributed by atoms with Gasteiger partial charge in [0.25, 0.3) is 0 Å². The van der Waals surface area contributed by atoms with Gasteiger partial charge in [-0.25, -0.2) is 9.97 Å². The first-order valence-corrected chi connectivity index (χ1v) is 8.54. The molecule has 3 rings (SSSR count). The molecule has 152 valence electrons. The minimum atomic E-state index is -0.140. The van der Waals surface area contributed by atoms with Crippen molar-refractivity contribution in [2.45, 2.75) is 64.1 Å². The Morgan fingerprint density at radius 2 is 1.93 bits per heavy atom. The monoisotopic (exact) mass is 418 g/mol. The van der Waals surface area contributed by atoms with Crippen LogP contribution < -0.4 is 11.1 Å². The van der Waals surface area contributed by atoms with Crippen molar-refractivity contribution in [2.75, 3.05) is 12.4 Å². The summed E-state index contributed by atoms with van der Waals surface area (Å²) < 4.78 is 10.5. The Kier molecular flexibility index (Phi) is 8.41. The minimum absolute atomic E-state index is 0. The van der Waals surface area contributed by atoms with E-state index in [2.05, 4.69) is 25.4 Å². The van der Waals surface area contributed by atoms with E-state index in [9.17, 15) is 0 Å². The Bertz CT molecular complexity index is 728. The van der Waals surface area contributed by atoms with E-state index in [1.165, 1.54) is 0 Å². The highest BCUT2D eigenvalue weighted by molar-refractivity contribution is 5.85. The number of hydrogen-bond acceptors (Lipinski definition) is 8. The molecular formula is C17H28Cl2N6O2. The lowest BCUT2D eigenvalue weighted by atomic mass is 9.78. The second-order valence-electron chi connectivity index (χ2n) is 7.57. The molecule has 0 unspecified atom stereocenters. The van der Waals surface area contributed by atoms with Crippen LogP contribution in [0.1, 0.15) is 62.8 Å². The van der Waals surface area contributed by atoms with Crippen molar-refractivity contribution in [3.8, 4) is 0 Å². The molecule has 2 heterocycles. The van der Waals surface area contributed by atoms with Gasteiger partial charge in [0.1, 0.15) is 12.4 Å². The summed E-state index contributed by atoms with van der Waals surface area (Å²) in [7, 11) is 1.63. The number of nitrogens with zero attached hydrogens (tertiary/aromatic N) is 4. The smallest absolute Gasteiger partial charge is 0.246 e. The lowest BCUT2D eigenvalue weighted by Gasteiger charge is -2.32. The van der Waals surface area contributed by atoms with Crippen LogP contribution in [-0.2, 0) is 23.3 Å². The zero-order chi connectivity index (χ0) is 18.0. The van der Waals surface area contributed by atoms with Crippen LogP contribution in [0.25, 0.3) is 0 Å². The number of halogens is 2. The van der Waals surface area contributed by atoms with Gasteiger partial charge in [-0.05, 0) is 12.8 Å². The van der Waals surface area contributed by atoms with Crippen molar-refractivity contribution in [3.05, 3.63) is 29.3 Å². The fourth-order valence-corrected chi connectivity index (χ4v) is 2.71. The second kappa shape index (κ2) is 9.64. The Labute approximate surface area is 171 Å². The molecule has 0 aliphatic heterocycles. The van der Waals surface area contributed by atoms with Crippen LogP contribution >= 0.6 is 24.8 Å². The lowest BCUT2D eigenvalue weighted by molar-refractivity contribution is 0.177. The van der Waals surface area contributed by atoms with Gasteiger partial charge in [-0.2, -0.15) is 4.98 Å². The molecule has 0 saturated heterocycles. The van der Waals surface area contributed by atoms with E-state index in [0.29, 0.717) is 36.6 Å². The topological polar surface area (TPSA) is 112 Å². The normalized spacial score (nSPS) is 18.9. The standard InChI is InChI=1S/C17H26N6O2.2ClH/c1-17(2,3)16-22-15(25-23-16)8-19-13-7-12(10-5-11(18)6-10)20-14(21-13)9-24-4;;/h7,10-11H,5-6,8-9,18H2,1-4H3,(H,19,20,21);2*1H. The highest BCUT2D eigenvalue weighted by atomic mass is 35.5. The van der Waals surface area contributed by atoms with Crippen LogP contribution in [0.15, 0.2) is 10.6 Å². The van der Waals surface area contributed by atoms with Gasteiger partial charge >= 0.3 is 0 Å². The predicted octanol–water partition coefficient (Wildman–Crippen LogP) is 2.96. The van der Waals surface area contributed by atoms with Gasteiger partial charge in [-0.15, -0.1) is 24.8 Å². The van der Waals surface area contributed by atoms with Crippen LogP contribution in [0.2, 0.25) is 0 Å². The van der Waals surface area contributed by atoms with Crippen molar-refractivity contribution in [1.82, 2.24) is 20.1 Å². The molecule has 0 spiro atoms. The SMILES string of the molecule is COCc1nc(NCc2nc(C(C)(C)C)no2)cc(C2CC(N)C2)n1.Cl.Cl. The summed E-state index contributed by atoms with van der Waals surface area (Å²) in [5, 5.41) is 7.28. The predicted molar refractivity (Wildman–Crippen MR) is 108 cm³/mol. The lowest BCUT2D eigenvalue weighted by Crippen LogP contribution is -2.35. The Morgan fingerprint density at radius 1 is 1.22 bits per heavy atom. The van der Waals surface area contributed by atoms with Crippen molar-refractivity contribution in [3.63, 3.8) is 0 Å². The molecule has 0 radical (unpaired) electrons. The molecule has 0 amide bonds. The van der Waals surface area contributed by atoms with E-state index in [-0.39, 0.29) is 36.3 Å². The number of ether oxygens (including phenoxy) is 1. The summed E-state index contributed by atoms with van der Waals surface area (Å²) >= 11 is 0. The van der Waals surface area contributed by atoms with E-state index in [0.717, 1.165) is 24.4 Å². The Balaban J connectivity index is 0.00000182. The Hall–Kier alpha value is -1.48. The summed E-state index contributed by atoms with van der Waals surface area (Å²) in [5.41, 5.74) is 6.77. The van der Waals surface area contributed by atoms with Crippen LogP contribution in [-0.4, -0.2) is 33.3 Å². The summed E-state index contributed by atoms with van der Waals surface area (Å²) in [6, 6.07) is 2.24. The van der Waals surface area contributed by atoms with Crippen LogP contribution in [0, 0.1) is 0 Å². The molecular weight excluding hydrogens is 391 g/mol. The maximum atomic E-state index is 5.90. The number of rotatable bonds is 6. The van der Waals surface area contributed by atoms with Crippen LogP contribution in [0.3, 0.4) is 0 Å². The maximum absolute atomic E-state index is 5.90. The largest absolute Gasteiger partial charge is 0.377 e. The molecule has 0 atom stereocenters. The molecule has 1 aliphatic rings. The molecule has 8 nitrogen and oxygen atoms in total. The fraction of sp³-hybridized carbons (Fsp3) is 0.647. The molecule has 2 aromatic heterocycles. The molecule has 1 saturated carbocycles. The first-order chi connectivity index (χ1) is 11.8. The third-order valence-corrected chi connectivity index (χ3v) is 4.22. The van der Waals surface area contributed by atoms with Gasteiger partial charge < -0.3 is 20.3 Å². The molecule has 0 aromatic carbocycles. The zero-order valence-electron chi connectivity index (χ0n) is 16.1. The highest BCUT2D eigenvalue weighted by Crippen LogP contribution is 2.35. The number of anilines is 1. The summed E-state index contributed by atoms with van der Waals surface area (Å²) in [4.78, 5) is 13.5. The van der Waals surface area contributed by atoms with Crippen LogP contribution in [0.4, 0.5) is 5.82 Å². The van der Waals surface area contributed by atoms with Gasteiger partial charge in [-0.3, -0.25) is 0 Å². The van der Waals surface area contributed by atoms with Gasteiger partial charge in [-0.1, -0.05) is 25.9 Å². The number of nitrogens with two attached hydrogens (primary N) is 1. The van der Waals surface area contributed by atoms with E-state index in [4.69, 9.17) is 15.0 Å². The molecule has 2 aromatic rings. The number of nitrogens with one attached hydrogen (secondary N) is 1. The van der Waals surface area contributed by atoms with Crippen molar-refractivity contribution in [2.24, 2.45) is 5.73 Å². The third-order valence-electron chi connectivity index (χ3n) is 4.22. The molecule has 0 bridgehead atoms. The Morgan fingerprint density at radius 3 is 2.48 bits per heavy atom. The number of aromatic nitrogens is 4. The first kappa shape index (κ1) is 23.6. The third kappa shape index (κ3) is 6.00. The minimum Gasteiger partial charge on any atom is -0.377 e.